The number of carboxylic acids is 1. The summed E-state index contributed by atoms with van der Waals surface area (Å²) in [5.74, 6) is -0.586. The monoisotopic (exact) mass is 343 g/mol. The number of likely N-dealkylation sites (tertiary alicyclic amines) is 1. The summed E-state index contributed by atoms with van der Waals surface area (Å²) in [6.07, 6.45) is 1.95. The predicted molar refractivity (Wildman–Crippen MR) is 90.7 cm³/mol. The highest BCUT2D eigenvalue weighted by Gasteiger charge is 2.31. The molecule has 2 atom stereocenters. The molecule has 7 nitrogen and oxygen atoms in total. The molecule has 2 heterocycles. The van der Waals surface area contributed by atoms with Crippen molar-refractivity contribution in [3.63, 3.8) is 0 Å². The molecule has 2 aromatic rings. The number of oxazole rings is 1. The average molecular weight is 343 g/mol. The smallest absolute Gasteiger partial charge is 0.317 e. The van der Waals surface area contributed by atoms with Gasteiger partial charge in [0.15, 0.2) is 12.2 Å². The number of amides is 2. The van der Waals surface area contributed by atoms with E-state index < -0.39 is 11.9 Å². The van der Waals surface area contributed by atoms with Crippen LogP contribution in [0.15, 0.2) is 41.1 Å². The Kier molecular flexibility index (Phi) is 5.02. The van der Waals surface area contributed by atoms with Gasteiger partial charge < -0.3 is 19.7 Å². The Labute approximate surface area is 145 Å². The molecule has 0 bridgehead atoms. The van der Waals surface area contributed by atoms with Gasteiger partial charge in [0.25, 0.3) is 0 Å². The van der Waals surface area contributed by atoms with Gasteiger partial charge in [-0.15, -0.1) is 0 Å². The van der Waals surface area contributed by atoms with Crippen LogP contribution in [0, 0.1) is 11.8 Å². The van der Waals surface area contributed by atoms with Crippen molar-refractivity contribution in [3.05, 3.63) is 42.4 Å². The highest BCUT2D eigenvalue weighted by atomic mass is 16.4. The number of aliphatic carboxylic acids is 1. The zero-order valence-corrected chi connectivity index (χ0v) is 14.0. The van der Waals surface area contributed by atoms with E-state index in [0.29, 0.717) is 24.4 Å². The minimum atomic E-state index is -0.854. The van der Waals surface area contributed by atoms with Crippen molar-refractivity contribution in [1.82, 2.24) is 15.2 Å². The Morgan fingerprint density at radius 1 is 1.32 bits per heavy atom. The van der Waals surface area contributed by atoms with Crippen molar-refractivity contribution < 1.29 is 19.1 Å². The molecule has 0 aliphatic carbocycles. The molecule has 1 aliphatic rings. The summed E-state index contributed by atoms with van der Waals surface area (Å²) in [7, 11) is 0. The summed E-state index contributed by atoms with van der Waals surface area (Å²) in [5, 5.41) is 12.0. The Hall–Kier alpha value is -2.83. The lowest BCUT2D eigenvalue weighted by atomic mass is 9.91. The number of carbonyl (C=O) groups excluding carboxylic acids is 1. The Morgan fingerprint density at radius 2 is 2.08 bits per heavy atom. The number of carboxylic acid groups (broad SMARTS) is 1. The van der Waals surface area contributed by atoms with Gasteiger partial charge in [0.2, 0.25) is 0 Å². The lowest BCUT2D eigenvalue weighted by Crippen LogP contribution is -2.49. The van der Waals surface area contributed by atoms with Gasteiger partial charge in [0.05, 0.1) is 12.5 Å². The molecule has 25 heavy (non-hydrogen) atoms. The van der Waals surface area contributed by atoms with E-state index in [1.54, 1.807) is 4.90 Å². The molecule has 0 radical (unpaired) electrons. The molecule has 1 aromatic carbocycles. The van der Waals surface area contributed by atoms with Crippen molar-refractivity contribution in [2.24, 2.45) is 11.8 Å². The van der Waals surface area contributed by atoms with E-state index in [9.17, 15) is 14.7 Å². The van der Waals surface area contributed by atoms with E-state index in [2.05, 4.69) is 10.3 Å². The second-order valence-electron chi connectivity index (χ2n) is 6.43. The van der Waals surface area contributed by atoms with Crippen LogP contribution in [-0.4, -0.2) is 40.1 Å². The van der Waals surface area contributed by atoms with Gasteiger partial charge >= 0.3 is 12.0 Å². The number of piperidine rings is 1. The fraction of sp³-hybridized carbons (Fsp3) is 0.389. The van der Waals surface area contributed by atoms with Crippen LogP contribution in [0.3, 0.4) is 0 Å². The fourth-order valence-electron chi connectivity index (χ4n) is 3.19. The molecule has 3 rings (SSSR count). The number of urea groups is 1. The molecule has 7 heteroatoms. The van der Waals surface area contributed by atoms with Crippen molar-refractivity contribution >= 4 is 12.0 Å². The fourth-order valence-corrected chi connectivity index (χ4v) is 3.19. The van der Waals surface area contributed by atoms with Crippen LogP contribution < -0.4 is 5.32 Å². The highest BCUT2D eigenvalue weighted by molar-refractivity contribution is 5.76. The number of nitrogens with zero attached hydrogens (tertiary/aromatic N) is 2. The molecular weight excluding hydrogens is 322 g/mol. The third-order valence-corrected chi connectivity index (χ3v) is 4.38. The van der Waals surface area contributed by atoms with Crippen LogP contribution in [0.2, 0.25) is 0 Å². The van der Waals surface area contributed by atoms with Crippen molar-refractivity contribution in [1.29, 1.82) is 0 Å². The lowest BCUT2D eigenvalue weighted by molar-refractivity contribution is -0.143. The molecule has 1 fully saturated rings. The van der Waals surface area contributed by atoms with Crippen LogP contribution in [0.25, 0.3) is 11.3 Å². The number of carbonyl (C=O) groups is 2. The van der Waals surface area contributed by atoms with E-state index in [1.165, 1.54) is 6.39 Å². The molecule has 0 saturated carbocycles. The number of rotatable bonds is 4. The van der Waals surface area contributed by atoms with Gasteiger partial charge in [0.1, 0.15) is 5.69 Å². The summed E-state index contributed by atoms with van der Waals surface area (Å²) in [5.41, 5.74) is 1.53. The maximum atomic E-state index is 12.4. The van der Waals surface area contributed by atoms with Crippen molar-refractivity contribution in [2.45, 2.75) is 19.9 Å². The standard InChI is InChI=1S/C18H21N3O4/c1-12-7-14(17(22)23)10-21(9-12)18(24)19-8-15-16(25-11-20-15)13-5-3-2-4-6-13/h2-6,11-12,14H,7-10H2,1H3,(H,19,24)(H,22,23). The second kappa shape index (κ2) is 7.38. The molecule has 0 spiro atoms. The maximum absolute atomic E-state index is 12.4. The molecule has 2 amide bonds. The van der Waals surface area contributed by atoms with Crippen LogP contribution in [0.4, 0.5) is 4.79 Å². The van der Waals surface area contributed by atoms with Gasteiger partial charge in [-0.1, -0.05) is 37.3 Å². The Balaban J connectivity index is 1.63. The van der Waals surface area contributed by atoms with E-state index in [4.69, 9.17) is 4.42 Å². The Morgan fingerprint density at radius 3 is 2.80 bits per heavy atom. The van der Waals surface area contributed by atoms with Crippen molar-refractivity contribution in [2.75, 3.05) is 13.1 Å². The van der Waals surface area contributed by atoms with E-state index >= 15 is 0 Å². The topological polar surface area (TPSA) is 95.7 Å². The molecule has 132 valence electrons. The molecule has 1 saturated heterocycles. The van der Waals surface area contributed by atoms with Crippen LogP contribution in [0.1, 0.15) is 19.0 Å². The third-order valence-electron chi connectivity index (χ3n) is 4.38. The van der Waals surface area contributed by atoms with Gasteiger partial charge in [-0.3, -0.25) is 4.79 Å². The maximum Gasteiger partial charge on any atom is 0.317 e. The number of aromatic nitrogens is 1. The largest absolute Gasteiger partial charge is 0.481 e. The average Bonchev–Trinajstić information content (AvgIpc) is 3.08. The zero-order valence-electron chi connectivity index (χ0n) is 14.0. The van der Waals surface area contributed by atoms with Gasteiger partial charge in [-0.25, -0.2) is 9.78 Å². The summed E-state index contributed by atoms with van der Waals surface area (Å²) in [4.78, 5) is 29.4. The number of benzene rings is 1. The minimum Gasteiger partial charge on any atom is -0.481 e. The zero-order chi connectivity index (χ0) is 17.8. The van der Waals surface area contributed by atoms with E-state index in [1.807, 2.05) is 37.3 Å². The van der Waals surface area contributed by atoms with Crippen molar-refractivity contribution in [3.8, 4) is 11.3 Å². The van der Waals surface area contributed by atoms with Gasteiger partial charge in [0, 0.05) is 18.7 Å². The summed E-state index contributed by atoms with van der Waals surface area (Å²) in [6.45, 7) is 2.97. The quantitative estimate of drug-likeness (QED) is 0.889. The summed E-state index contributed by atoms with van der Waals surface area (Å²) < 4.78 is 5.44. The minimum absolute atomic E-state index is 0.160. The van der Waals surface area contributed by atoms with Crippen LogP contribution >= 0.6 is 0 Å². The van der Waals surface area contributed by atoms with Gasteiger partial charge in [-0.2, -0.15) is 0 Å². The highest BCUT2D eigenvalue weighted by Crippen LogP contribution is 2.24. The molecule has 2 N–H and O–H groups in total. The molecule has 2 unspecified atom stereocenters. The number of hydrogen-bond acceptors (Lipinski definition) is 4. The Bertz CT molecular complexity index is 744. The first-order valence-electron chi connectivity index (χ1n) is 8.28. The van der Waals surface area contributed by atoms with Crippen LogP contribution in [0.5, 0.6) is 0 Å². The predicted octanol–water partition coefficient (Wildman–Crippen LogP) is 2.59. The normalized spacial score (nSPS) is 20.3. The SMILES string of the molecule is CC1CC(C(=O)O)CN(C(=O)NCc2ncoc2-c2ccccc2)C1. The summed E-state index contributed by atoms with van der Waals surface area (Å²) >= 11 is 0. The first-order chi connectivity index (χ1) is 12.0. The number of hydrogen-bond donors (Lipinski definition) is 2. The van der Waals surface area contributed by atoms with E-state index in [0.717, 1.165) is 5.56 Å². The first kappa shape index (κ1) is 17.0. The van der Waals surface area contributed by atoms with E-state index in [-0.39, 0.29) is 25.0 Å². The second-order valence-corrected chi connectivity index (χ2v) is 6.43. The molecular formula is C18H21N3O4. The third kappa shape index (κ3) is 3.99. The molecule has 1 aliphatic heterocycles. The lowest BCUT2D eigenvalue weighted by Gasteiger charge is -2.34. The first-order valence-corrected chi connectivity index (χ1v) is 8.28. The molecule has 1 aromatic heterocycles. The number of nitrogens with one attached hydrogen (secondary N) is 1. The van der Waals surface area contributed by atoms with Crippen LogP contribution in [-0.2, 0) is 11.3 Å². The summed E-state index contributed by atoms with van der Waals surface area (Å²) in [6, 6.07) is 9.27. The van der Waals surface area contributed by atoms with Gasteiger partial charge in [-0.05, 0) is 12.3 Å².